The molecule has 0 N–H and O–H groups in total. The first-order valence-electron chi connectivity index (χ1n) is 6.73. The second-order valence-corrected chi connectivity index (χ2v) is 5.58. The van der Waals surface area contributed by atoms with Gasteiger partial charge in [-0.15, -0.1) is 11.6 Å². The zero-order valence-electron chi connectivity index (χ0n) is 12.1. The van der Waals surface area contributed by atoms with Gasteiger partial charge in [0.2, 0.25) is 0 Å². The fourth-order valence-electron chi connectivity index (χ4n) is 2.03. The number of hydrogen-bond donors (Lipinski definition) is 0. The molecule has 0 spiro atoms. The minimum Gasteiger partial charge on any atom is -0.308 e. The Hall–Kier alpha value is -1.72. The van der Waals surface area contributed by atoms with Crippen molar-refractivity contribution in [2.45, 2.75) is 11.9 Å². The average molecular weight is 308 g/mol. The standard InChI is InChI=1S/C15H18ClN3O2/c1-18(2)9-8-17-13-12(16)14(20)19(15(13)21)10-11-6-4-3-5-7-11/h3-7,12H,8-10H2,1-2H3. The fraction of sp³-hybridized carbons (Fsp3) is 0.400. The van der Waals surface area contributed by atoms with E-state index in [1.165, 1.54) is 4.90 Å². The number of carbonyl (C=O) groups excluding carboxylic acids is 2. The summed E-state index contributed by atoms with van der Waals surface area (Å²) in [6.07, 6.45) is 0. The number of aliphatic imine (C=N–C) groups is 1. The zero-order valence-corrected chi connectivity index (χ0v) is 12.9. The van der Waals surface area contributed by atoms with Crippen molar-refractivity contribution in [1.29, 1.82) is 0 Å². The number of benzene rings is 1. The summed E-state index contributed by atoms with van der Waals surface area (Å²) in [7, 11) is 3.84. The molecule has 1 aliphatic rings. The van der Waals surface area contributed by atoms with Crippen LogP contribution in [-0.4, -0.2) is 59.9 Å². The lowest BCUT2D eigenvalue weighted by Crippen LogP contribution is -2.30. The van der Waals surface area contributed by atoms with Gasteiger partial charge in [0.15, 0.2) is 5.38 Å². The van der Waals surface area contributed by atoms with Crippen LogP contribution in [0.3, 0.4) is 0 Å². The van der Waals surface area contributed by atoms with Crippen LogP contribution in [0.5, 0.6) is 0 Å². The third-order valence-electron chi connectivity index (χ3n) is 3.20. The SMILES string of the molecule is CN(C)CCN=C1C(=O)N(Cc2ccccc2)C(=O)C1Cl. The van der Waals surface area contributed by atoms with Gasteiger partial charge in [-0.2, -0.15) is 0 Å². The lowest BCUT2D eigenvalue weighted by Gasteiger charge is -2.13. The van der Waals surface area contributed by atoms with Crippen molar-refractivity contribution in [2.75, 3.05) is 27.2 Å². The predicted octanol–water partition coefficient (Wildman–Crippen LogP) is 1.17. The molecule has 1 saturated heterocycles. The largest absolute Gasteiger partial charge is 0.308 e. The molecule has 6 heteroatoms. The number of rotatable bonds is 5. The van der Waals surface area contributed by atoms with Gasteiger partial charge in [-0.25, -0.2) is 0 Å². The third-order valence-corrected chi connectivity index (χ3v) is 3.59. The maximum atomic E-state index is 12.3. The Morgan fingerprint density at radius 1 is 1.24 bits per heavy atom. The third kappa shape index (κ3) is 3.68. The van der Waals surface area contributed by atoms with Crippen LogP contribution in [-0.2, 0) is 16.1 Å². The van der Waals surface area contributed by atoms with Gasteiger partial charge in [0.1, 0.15) is 5.71 Å². The lowest BCUT2D eigenvalue weighted by atomic mass is 10.2. The van der Waals surface area contributed by atoms with Gasteiger partial charge in [-0.3, -0.25) is 19.5 Å². The van der Waals surface area contributed by atoms with Crippen LogP contribution in [0, 0.1) is 0 Å². The van der Waals surface area contributed by atoms with Crippen LogP contribution in [0.1, 0.15) is 5.56 Å². The summed E-state index contributed by atoms with van der Waals surface area (Å²) in [5.74, 6) is -0.781. The van der Waals surface area contributed by atoms with Crippen LogP contribution < -0.4 is 0 Å². The molecule has 1 unspecified atom stereocenters. The molecule has 1 aliphatic heterocycles. The number of hydrogen-bond acceptors (Lipinski definition) is 4. The molecule has 0 saturated carbocycles. The van der Waals surface area contributed by atoms with E-state index in [1.54, 1.807) is 0 Å². The molecule has 1 atom stereocenters. The number of alkyl halides is 1. The highest BCUT2D eigenvalue weighted by atomic mass is 35.5. The summed E-state index contributed by atoms with van der Waals surface area (Å²) in [5, 5.41) is -0.969. The number of carbonyl (C=O) groups is 2. The van der Waals surface area contributed by atoms with E-state index >= 15 is 0 Å². The highest BCUT2D eigenvalue weighted by Gasteiger charge is 2.43. The van der Waals surface area contributed by atoms with Gasteiger partial charge >= 0.3 is 0 Å². The van der Waals surface area contributed by atoms with Crippen LogP contribution >= 0.6 is 11.6 Å². The molecule has 1 aromatic rings. The molecule has 0 aromatic heterocycles. The molecule has 21 heavy (non-hydrogen) atoms. The van der Waals surface area contributed by atoms with Crippen LogP contribution in [0.15, 0.2) is 35.3 Å². The van der Waals surface area contributed by atoms with Crippen LogP contribution in [0.4, 0.5) is 0 Å². The first-order valence-corrected chi connectivity index (χ1v) is 7.17. The normalized spacial score (nSPS) is 20.9. The predicted molar refractivity (Wildman–Crippen MR) is 82.5 cm³/mol. The molecular weight excluding hydrogens is 290 g/mol. The Morgan fingerprint density at radius 2 is 1.90 bits per heavy atom. The van der Waals surface area contributed by atoms with E-state index in [2.05, 4.69) is 4.99 Å². The van der Waals surface area contributed by atoms with Crippen molar-refractivity contribution < 1.29 is 9.59 Å². The summed E-state index contributed by atoms with van der Waals surface area (Å²) >= 11 is 6.04. The number of amides is 2. The number of nitrogens with zero attached hydrogens (tertiary/aromatic N) is 3. The Morgan fingerprint density at radius 3 is 2.52 bits per heavy atom. The van der Waals surface area contributed by atoms with Crippen molar-refractivity contribution in [3.63, 3.8) is 0 Å². The van der Waals surface area contributed by atoms with Crippen LogP contribution in [0.2, 0.25) is 0 Å². The van der Waals surface area contributed by atoms with Gasteiger partial charge in [-0.1, -0.05) is 30.3 Å². The van der Waals surface area contributed by atoms with Crippen LogP contribution in [0.25, 0.3) is 0 Å². The summed E-state index contributed by atoms with van der Waals surface area (Å²) < 4.78 is 0. The smallest absolute Gasteiger partial charge is 0.276 e. The van der Waals surface area contributed by atoms with E-state index in [0.717, 1.165) is 5.56 Å². The highest BCUT2D eigenvalue weighted by molar-refractivity contribution is 6.63. The van der Waals surface area contributed by atoms with E-state index in [1.807, 2.05) is 49.3 Å². The molecule has 2 rings (SSSR count). The zero-order chi connectivity index (χ0) is 15.4. The second kappa shape index (κ2) is 6.83. The Bertz CT molecular complexity index is 557. The summed E-state index contributed by atoms with van der Waals surface area (Å²) in [4.78, 5) is 31.7. The van der Waals surface area contributed by atoms with Gasteiger partial charge in [0, 0.05) is 6.54 Å². The van der Waals surface area contributed by atoms with Gasteiger partial charge in [-0.05, 0) is 19.7 Å². The van der Waals surface area contributed by atoms with E-state index in [0.29, 0.717) is 13.1 Å². The maximum Gasteiger partial charge on any atom is 0.276 e. The minimum atomic E-state index is -0.969. The van der Waals surface area contributed by atoms with Crippen molar-refractivity contribution in [2.24, 2.45) is 4.99 Å². The molecule has 112 valence electrons. The average Bonchev–Trinajstić information content (AvgIpc) is 2.65. The maximum absolute atomic E-state index is 12.3. The van der Waals surface area contributed by atoms with Crippen molar-refractivity contribution in [1.82, 2.24) is 9.80 Å². The second-order valence-electron chi connectivity index (χ2n) is 5.15. The lowest BCUT2D eigenvalue weighted by molar-refractivity contribution is -0.137. The topological polar surface area (TPSA) is 53.0 Å². The van der Waals surface area contributed by atoms with Crippen molar-refractivity contribution in [3.8, 4) is 0 Å². The summed E-state index contributed by atoms with van der Waals surface area (Å²) in [5.41, 5.74) is 1.04. The van der Waals surface area contributed by atoms with E-state index in [4.69, 9.17) is 11.6 Å². The molecule has 1 heterocycles. The molecule has 0 radical (unpaired) electrons. The monoisotopic (exact) mass is 307 g/mol. The van der Waals surface area contributed by atoms with E-state index in [9.17, 15) is 9.59 Å². The number of imide groups is 1. The number of halogens is 1. The number of likely N-dealkylation sites (tertiary alicyclic amines) is 1. The molecule has 2 amide bonds. The molecular formula is C15H18ClN3O2. The Labute approximate surface area is 129 Å². The summed E-state index contributed by atoms with van der Waals surface area (Å²) in [6.45, 7) is 1.38. The fourth-order valence-corrected chi connectivity index (χ4v) is 2.31. The van der Waals surface area contributed by atoms with Gasteiger partial charge < -0.3 is 4.90 Å². The van der Waals surface area contributed by atoms with Gasteiger partial charge in [0.05, 0.1) is 13.1 Å². The Balaban J connectivity index is 2.11. The molecule has 0 bridgehead atoms. The Kier molecular flexibility index (Phi) is 5.09. The number of likely N-dealkylation sites (N-methyl/N-ethyl adjacent to an activating group) is 1. The van der Waals surface area contributed by atoms with Crippen molar-refractivity contribution in [3.05, 3.63) is 35.9 Å². The molecule has 1 aromatic carbocycles. The molecule has 0 aliphatic carbocycles. The quantitative estimate of drug-likeness (QED) is 0.606. The molecule has 5 nitrogen and oxygen atoms in total. The molecule has 1 fully saturated rings. The van der Waals surface area contributed by atoms with E-state index in [-0.39, 0.29) is 18.2 Å². The summed E-state index contributed by atoms with van der Waals surface area (Å²) in [6, 6.07) is 9.35. The van der Waals surface area contributed by atoms with Crippen molar-refractivity contribution >= 4 is 29.1 Å². The first kappa shape index (κ1) is 15.7. The highest BCUT2D eigenvalue weighted by Crippen LogP contribution is 2.19. The van der Waals surface area contributed by atoms with Gasteiger partial charge in [0.25, 0.3) is 11.8 Å². The minimum absolute atomic E-state index is 0.152. The first-order chi connectivity index (χ1) is 10.0. The van der Waals surface area contributed by atoms with E-state index < -0.39 is 11.3 Å².